The van der Waals surface area contributed by atoms with Crippen LogP contribution in [0.1, 0.15) is 47.2 Å². The molecule has 2 aliphatic heterocycles. The van der Waals surface area contributed by atoms with Gasteiger partial charge in [-0.1, -0.05) is 12.1 Å². The summed E-state index contributed by atoms with van der Waals surface area (Å²) in [6.45, 7) is 4.66. The average molecular weight is 364 g/mol. The van der Waals surface area contributed by atoms with E-state index < -0.39 is 10.0 Å². The molecule has 2 saturated heterocycles. The summed E-state index contributed by atoms with van der Waals surface area (Å²) in [6.07, 6.45) is 1.36. The Morgan fingerprint density at radius 1 is 1.12 bits per heavy atom. The highest BCUT2D eigenvalue weighted by Crippen LogP contribution is 2.28. The number of benzene rings is 1. The van der Waals surface area contributed by atoms with Gasteiger partial charge in [0, 0.05) is 31.5 Å². The monoisotopic (exact) mass is 364 g/mol. The van der Waals surface area contributed by atoms with E-state index in [2.05, 4.69) is 0 Å². The lowest BCUT2D eigenvalue weighted by molar-refractivity contribution is -0.135. The Morgan fingerprint density at radius 3 is 2.60 bits per heavy atom. The normalized spacial score (nSPS) is 22.6. The van der Waals surface area contributed by atoms with Crippen LogP contribution in [0.3, 0.4) is 0 Å². The number of carbonyl (C=O) groups is 2. The van der Waals surface area contributed by atoms with Crippen molar-refractivity contribution in [3.63, 3.8) is 0 Å². The molecule has 0 bridgehead atoms. The smallest absolute Gasteiger partial charge is 0.224 e. The summed E-state index contributed by atoms with van der Waals surface area (Å²) >= 11 is 0. The van der Waals surface area contributed by atoms with E-state index in [1.54, 1.807) is 11.0 Å². The van der Waals surface area contributed by atoms with E-state index in [1.165, 1.54) is 4.31 Å². The first-order chi connectivity index (χ1) is 11.8. The Labute approximate surface area is 148 Å². The van der Waals surface area contributed by atoms with Crippen LogP contribution in [0.5, 0.6) is 0 Å². The van der Waals surface area contributed by atoms with Crippen molar-refractivity contribution < 1.29 is 18.0 Å². The molecule has 7 heteroatoms. The largest absolute Gasteiger partial charge is 0.325 e. The number of rotatable bonds is 4. The van der Waals surface area contributed by atoms with E-state index in [0.29, 0.717) is 18.5 Å². The molecule has 3 rings (SSSR count). The topological polar surface area (TPSA) is 74.8 Å². The van der Waals surface area contributed by atoms with Crippen molar-refractivity contribution in [1.29, 1.82) is 0 Å². The number of Topliss-reactive ketones (excluding diaryl/α,β-unsaturated/α-hetero) is 1. The fourth-order valence-corrected chi connectivity index (χ4v) is 5.21. The minimum Gasteiger partial charge on any atom is -0.325 e. The molecule has 2 aliphatic rings. The highest BCUT2D eigenvalue weighted by molar-refractivity contribution is 7.89. The van der Waals surface area contributed by atoms with Crippen LogP contribution >= 0.6 is 0 Å². The van der Waals surface area contributed by atoms with Crippen LogP contribution in [0.4, 0.5) is 0 Å². The van der Waals surface area contributed by atoms with Crippen LogP contribution in [-0.4, -0.2) is 54.3 Å². The third-order valence-electron chi connectivity index (χ3n) is 5.20. The number of hydrogen-bond donors (Lipinski definition) is 0. The van der Waals surface area contributed by atoms with Crippen molar-refractivity contribution in [2.75, 3.05) is 18.8 Å². The molecular formula is C18H24N2O4S. The number of hydrogen-bond acceptors (Lipinski definition) is 4. The summed E-state index contributed by atoms with van der Waals surface area (Å²) in [7, 11) is -3.24. The molecule has 1 aromatic carbocycles. The fraction of sp³-hybridized carbons (Fsp3) is 0.556. The summed E-state index contributed by atoms with van der Waals surface area (Å²) in [5, 5.41) is 0. The first-order valence-electron chi connectivity index (χ1n) is 8.69. The van der Waals surface area contributed by atoms with E-state index in [0.717, 1.165) is 17.5 Å². The zero-order chi connectivity index (χ0) is 18.2. The first kappa shape index (κ1) is 18.1. The van der Waals surface area contributed by atoms with Crippen LogP contribution in [0.25, 0.3) is 0 Å². The quantitative estimate of drug-likeness (QED) is 0.765. The summed E-state index contributed by atoms with van der Waals surface area (Å²) in [4.78, 5) is 26.6. The molecule has 1 aromatic rings. The van der Waals surface area contributed by atoms with Gasteiger partial charge in [-0.15, -0.1) is 0 Å². The Hall–Kier alpha value is -1.73. The highest BCUT2D eigenvalue weighted by atomic mass is 32.2. The molecule has 0 radical (unpaired) electrons. The number of nitrogens with zero attached hydrogens (tertiary/aromatic N) is 2. The lowest BCUT2D eigenvalue weighted by Crippen LogP contribution is -2.56. The maximum atomic E-state index is 12.6. The zero-order valence-corrected chi connectivity index (χ0v) is 15.5. The van der Waals surface area contributed by atoms with Gasteiger partial charge in [0.2, 0.25) is 15.9 Å². The van der Waals surface area contributed by atoms with Crippen LogP contribution in [-0.2, 0) is 14.8 Å². The van der Waals surface area contributed by atoms with Gasteiger partial charge in [-0.25, -0.2) is 8.42 Å². The molecule has 0 saturated carbocycles. The van der Waals surface area contributed by atoms with Gasteiger partial charge in [-0.2, -0.15) is 4.31 Å². The molecule has 1 amide bonds. The Balaban J connectivity index is 1.62. The molecule has 2 fully saturated rings. The van der Waals surface area contributed by atoms with Gasteiger partial charge in [0.05, 0.1) is 11.9 Å². The van der Waals surface area contributed by atoms with Crippen molar-refractivity contribution in [3.05, 3.63) is 34.9 Å². The standard InChI is InChI=1S/C18H24N2O4S/c1-13-5-6-15(12-14(13)2)16(21)7-8-18(22)19-10-11-25(23,24)20-9-3-4-17(19)20/h5-6,12,17H,3-4,7-11H2,1-2H3. The summed E-state index contributed by atoms with van der Waals surface area (Å²) in [5.41, 5.74) is 2.81. The lowest BCUT2D eigenvalue weighted by Gasteiger charge is -2.39. The predicted octanol–water partition coefficient (Wildman–Crippen LogP) is 1.86. The van der Waals surface area contributed by atoms with Crippen molar-refractivity contribution >= 4 is 21.7 Å². The molecule has 6 nitrogen and oxygen atoms in total. The highest BCUT2D eigenvalue weighted by Gasteiger charge is 2.43. The molecule has 1 atom stereocenters. The number of ketones is 1. The molecule has 1 unspecified atom stereocenters. The molecule has 0 N–H and O–H groups in total. The average Bonchev–Trinajstić information content (AvgIpc) is 3.06. The van der Waals surface area contributed by atoms with Gasteiger partial charge in [-0.3, -0.25) is 9.59 Å². The van der Waals surface area contributed by atoms with Gasteiger partial charge in [0.15, 0.2) is 5.78 Å². The predicted molar refractivity (Wildman–Crippen MR) is 94.7 cm³/mol. The molecule has 0 aliphatic carbocycles. The van der Waals surface area contributed by atoms with Crippen LogP contribution in [0.2, 0.25) is 0 Å². The molecule has 136 valence electrons. The Kier molecular flexibility index (Phi) is 4.97. The first-order valence-corrected chi connectivity index (χ1v) is 10.3. The molecule has 0 aromatic heterocycles. The van der Waals surface area contributed by atoms with Gasteiger partial charge >= 0.3 is 0 Å². The number of amides is 1. The van der Waals surface area contributed by atoms with E-state index in [4.69, 9.17) is 0 Å². The van der Waals surface area contributed by atoms with E-state index in [1.807, 2.05) is 26.0 Å². The Bertz CT molecular complexity index is 803. The van der Waals surface area contributed by atoms with E-state index in [-0.39, 0.29) is 43.0 Å². The summed E-state index contributed by atoms with van der Waals surface area (Å²) in [5.74, 6) is -0.214. The zero-order valence-electron chi connectivity index (χ0n) is 14.7. The Morgan fingerprint density at radius 2 is 1.88 bits per heavy atom. The maximum Gasteiger partial charge on any atom is 0.224 e. The lowest BCUT2D eigenvalue weighted by atomic mass is 10.0. The van der Waals surface area contributed by atoms with Crippen molar-refractivity contribution in [2.24, 2.45) is 0 Å². The number of aryl methyl sites for hydroxylation is 2. The second-order valence-corrected chi connectivity index (χ2v) is 8.90. The minimum atomic E-state index is -3.24. The van der Waals surface area contributed by atoms with Crippen molar-refractivity contribution in [1.82, 2.24) is 9.21 Å². The summed E-state index contributed by atoms with van der Waals surface area (Å²) < 4.78 is 25.6. The van der Waals surface area contributed by atoms with Crippen LogP contribution < -0.4 is 0 Å². The number of fused-ring (bicyclic) bond motifs is 1. The molecule has 0 spiro atoms. The van der Waals surface area contributed by atoms with Gasteiger partial charge < -0.3 is 4.90 Å². The van der Waals surface area contributed by atoms with Crippen molar-refractivity contribution in [3.8, 4) is 0 Å². The fourth-order valence-electron chi connectivity index (χ4n) is 3.55. The van der Waals surface area contributed by atoms with Gasteiger partial charge in [-0.05, 0) is 43.9 Å². The second-order valence-electron chi connectivity index (χ2n) is 6.86. The van der Waals surface area contributed by atoms with E-state index >= 15 is 0 Å². The minimum absolute atomic E-state index is 0.0274. The van der Waals surface area contributed by atoms with Crippen LogP contribution in [0.15, 0.2) is 18.2 Å². The second kappa shape index (κ2) is 6.88. The van der Waals surface area contributed by atoms with Crippen LogP contribution in [0, 0.1) is 13.8 Å². The van der Waals surface area contributed by atoms with Gasteiger partial charge in [0.1, 0.15) is 0 Å². The van der Waals surface area contributed by atoms with Crippen molar-refractivity contribution in [2.45, 2.75) is 45.7 Å². The molecule has 25 heavy (non-hydrogen) atoms. The molecule has 2 heterocycles. The van der Waals surface area contributed by atoms with E-state index in [9.17, 15) is 18.0 Å². The third kappa shape index (κ3) is 3.62. The third-order valence-corrected chi connectivity index (χ3v) is 7.03. The SMILES string of the molecule is Cc1ccc(C(=O)CCC(=O)N2CCS(=O)(=O)N3CCCC23)cc1C. The summed E-state index contributed by atoms with van der Waals surface area (Å²) in [6, 6.07) is 5.56. The maximum absolute atomic E-state index is 12.6. The molecular weight excluding hydrogens is 340 g/mol. The number of sulfonamides is 1. The number of carbonyl (C=O) groups excluding carboxylic acids is 2. The van der Waals surface area contributed by atoms with Gasteiger partial charge in [0.25, 0.3) is 0 Å².